The van der Waals surface area contributed by atoms with Crippen LogP contribution >= 0.6 is 34.5 Å². The maximum absolute atomic E-state index is 11.3. The zero-order chi connectivity index (χ0) is 26.2. The molecule has 0 radical (unpaired) electrons. The predicted octanol–water partition coefficient (Wildman–Crippen LogP) is 4.28. The number of nitrogens with one attached hydrogen (secondary N) is 2. The van der Waals surface area contributed by atoms with Gasteiger partial charge in [0.15, 0.2) is 5.72 Å². The summed E-state index contributed by atoms with van der Waals surface area (Å²) >= 11 is 13.6. The number of hydrogen-bond donors (Lipinski definition) is 5. The van der Waals surface area contributed by atoms with E-state index in [0.717, 1.165) is 15.8 Å². The first-order chi connectivity index (χ1) is 17.8. The lowest BCUT2D eigenvalue weighted by Crippen LogP contribution is -2.48. The first kappa shape index (κ1) is 26.0. The summed E-state index contributed by atoms with van der Waals surface area (Å²) in [6.45, 7) is 2.16. The molecule has 3 heterocycles. The normalized spacial score (nSPS) is 21.5. The average Bonchev–Trinajstić information content (AvgIpc) is 3.41. The van der Waals surface area contributed by atoms with E-state index in [1.165, 1.54) is 11.3 Å². The van der Waals surface area contributed by atoms with Crippen LogP contribution in [-0.4, -0.2) is 60.2 Å². The van der Waals surface area contributed by atoms with E-state index < -0.39 is 17.7 Å². The molecule has 12 heteroatoms. The Balaban J connectivity index is 1.46. The number of aryl methyl sites for hydroxylation is 1. The number of halogens is 2. The lowest BCUT2D eigenvalue weighted by Gasteiger charge is -2.31. The Kier molecular flexibility index (Phi) is 7.49. The number of thiazole rings is 1. The first-order valence-electron chi connectivity index (χ1n) is 11.8. The van der Waals surface area contributed by atoms with E-state index in [1.807, 2.05) is 25.1 Å². The molecule has 9 nitrogen and oxygen atoms in total. The van der Waals surface area contributed by atoms with Crippen molar-refractivity contribution in [2.45, 2.75) is 38.0 Å². The Morgan fingerprint density at radius 3 is 2.73 bits per heavy atom. The van der Waals surface area contributed by atoms with Crippen LogP contribution in [0.4, 0.5) is 11.8 Å². The van der Waals surface area contributed by atoms with Crippen LogP contribution in [-0.2, 0) is 6.42 Å². The summed E-state index contributed by atoms with van der Waals surface area (Å²) in [5.41, 5.74) is 1.38. The highest BCUT2D eigenvalue weighted by atomic mass is 35.5. The van der Waals surface area contributed by atoms with Gasteiger partial charge < -0.3 is 26.0 Å². The number of pyridine rings is 1. The smallest absolute Gasteiger partial charge is 0.224 e. The summed E-state index contributed by atoms with van der Waals surface area (Å²) in [5.74, 6) is 0.277. The number of rotatable bonds is 8. The van der Waals surface area contributed by atoms with Crippen LogP contribution in [0.25, 0.3) is 20.8 Å². The topological polar surface area (TPSA) is 136 Å². The molecule has 4 aromatic rings. The minimum atomic E-state index is -1.65. The fourth-order valence-electron chi connectivity index (χ4n) is 4.53. The van der Waals surface area contributed by atoms with Gasteiger partial charge in [0.2, 0.25) is 5.95 Å². The zero-order valence-electron chi connectivity index (χ0n) is 19.9. The molecular weight excluding hydrogens is 535 g/mol. The summed E-state index contributed by atoms with van der Waals surface area (Å²) in [5, 5.41) is 39.6. The van der Waals surface area contributed by atoms with E-state index in [1.54, 1.807) is 18.5 Å². The van der Waals surface area contributed by atoms with Gasteiger partial charge in [-0.15, -0.1) is 11.3 Å². The third-order valence-electron chi connectivity index (χ3n) is 6.58. The molecule has 194 valence electrons. The van der Waals surface area contributed by atoms with Crippen molar-refractivity contribution in [3.63, 3.8) is 0 Å². The van der Waals surface area contributed by atoms with Crippen molar-refractivity contribution in [1.29, 1.82) is 0 Å². The fourth-order valence-corrected chi connectivity index (χ4v) is 5.88. The van der Waals surface area contributed by atoms with E-state index >= 15 is 0 Å². The van der Waals surface area contributed by atoms with Crippen molar-refractivity contribution >= 4 is 56.5 Å². The van der Waals surface area contributed by atoms with E-state index in [0.29, 0.717) is 57.5 Å². The minimum absolute atomic E-state index is 0.215. The summed E-state index contributed by atoms with van der Waals surface area (Å²) in [6, 6.07) is 7.38. The number of anilines is 2. The van der Waals surface area contributed by atoms with Crippen LogP contribution in [0, 0.1) is 12.8 Å². The van der Waals surface area contributed by atoms with Gasteiger partial charge in [-0.05, 0) is 49.9 Å². The zero-order valence-corrected chi connectivity index (χ0v) is 22.3. The lowest BCUT2D eigenvalue weighted by atomic mass is 10.0. The highest BCUT2D eigenvalue weighted by Gasteiger charge is 2.47. The Bertz CT molecular complexity index is 1400. The second kappa shape index (κ2) is 10.6. The summed E-state index contributed by atoms with van der Waals surface area (Å²) in [6.07, 6.45) is 3.63. The molecule has 5 rings (SSSR count). The van der Waals surface area contributed by atoms with Gasteiger partial charge in [0.05, 0.1) is 32.2 Å². The van der Waals surface area contributed by atoms with Gasteiger partial charge in [0.25, 0.3) is 0 Å². The second-order valence-corrected chi connectivity index (χ2v) is 11.0. The lowest BCUT2D eigenvalue weighted by molar-refractivity contribution is -0.0545. The Morgan fingerprint density at radius 2 is 2.00 bits per heavy atom. The molecule has 1 saturated carbocycles. The van der Waals surface area contributed by atoms with Crippen LogP contribution in [0.1, 0.15) is 24.1 Å². The number of aliphatic hydroxyl groups excluding tert-OH is 2. The van der Waals surface area contributed by atoms with Crippen molar-refractivity contribution in [2.75, 3.05) is 23.8 Å². The van der Waals surface area contributed by atoms with Gasteiger partial charge in [-0.3, -0.25) is 4.98 Å². The van der Waals surface area contributed by atoms with Gasteiger partial charge in [-0.1, -0.05) is 29.3 Å². The van der Waals surface area contributed by atoms with Gasteiger partial charge >= 0.3 is 0 Å². The molecule has 1 aliphatic carbocycles. The third kappa shape index (κ3) is 5.36. The number of hydrogen-bond acceptors (Lipinski definition) is 10. The van der Waals surface area contributed by atoms with E-state index in [4.69, 9.17) is 28.2 Å². The number of aliphatic hydroxyl groups is 3. The third-order valence-corrected chi connectivity index (χ3v) is 8.37. The Hall–Kier alpha value is -2.60. The standard InChI is InChI=1S/C25H26Cl2N6O3S/c1-13-20(23-31-18-11-28-8-6-19(18)37-23)22(33-25(36)7-4-15(12-34)21(25)35)32-24(30-13)29-9-5-14-2-3-16(26)17(27)10-14/h2-3,6,8,10-11,15,21,34-36H,4-5,7,9,12H2,1H3,(H2,29,30,32,33). The highest BCUT2D eigenvalue weighted by Crippen LogP contribution is 2.40. The Morgan fingerprint density at radius 1 is 1.16 bits per heavy atom. The molecule has 0 spiro atoms. The van der Waals surface area contributed by atoms with Crippen LogP contribution < -0.4 is 10.6 Å². The van der Waals surface area contributed by atoms with Crippen LogP contribution in [0.2, 0.25) is 10.0 Å². The maximum atomic E-state index is 11.3. The fraction of sp³-hybridized carbons (Fsp3) is 0.360. The van der Waals surface area contributed by atoms with Crippen LogP contribution in [0.15, 0.2) is 36.7 Å². The molecule has 0 bridgehead atoms. The molecule has 5 N–H and O–H groups in total. The van der Waals surface area contributed by atoms with Gasteiger partial charge in [0.1, 0.15) is 22.4 Å². The molecular formula is C25H26Cl2N6O3S. The summed E-state index contributed by atoms with van der Waals surface area (Å²) < 4.78 is 0.958. The number of fused-ring (bicyclic) bond motifs is 1. The molecule has 0 aliphatic heterocycles. The average molecular weight is 561 g/mol. The molecule has 1 aliphatic rings. The van der Waals surface area contributed by atoms with Crippen molar-refractivity contribution < 1.29 is 15.3 Å². The molecule has 3 aromatic heterocycles. The van der Waals surface area contributed by atoms with Crippen molar-refractivity contribution in [3.05, 3.63) is 58.0 Å². The summed E-state index contributed by atoms with van der Waals surface area (Å²) in [7, 11) is 0. The molecule has 37 heavy (non-hydrogen) atoms. The molecule has 1 fully saturated rings. The number of aromatic nitrogens is 4. The predicted molar refractivity (Wildman–Crippen MR) is 146 cm³/mol. The minimum Gasteiger partial charge on any atom is -0.396 e. The van der Waals surface area contributed by atoms with E-state index in [2.05, 4.69) is 25.6 Å². The molecule has 3 unspecified atom stereocenters. The quantitative estimate of drug-likeness (QED) is 0.200. The SMILES string of the molecule is Cc1nc(NCCc2ccc(Cl)c(Cl)c2)nc(NC2(O)CCC(CO)C2O)c1-c1nc2cnccc2s1. The molecule has 0 amide bonds. The van der Waals surface area contributed by atoms with E-state index in [-0.39, 0.29) is 13.0 Å². The molecule has 3 atom stereocenters. The number of nitrogens with zero attached hydrogens (tertiary/aromatic N) is 4. The maximum Gasteiger partial charge on any atom is 0.224 e. The van der Waals surface area contributed by atoms with Gasteiger partial charge in [-0.25, -0.2) is 9.97 Å². The van der Waals surface area contributed by atoms with Crippen LogP contribution in [0.5, 0.6) is 0 Å². The van der Waals surface area contributed by atoms with Gasteiger partial charge in [0, 0.05) is 25.3 Å². The first-order valence-corrected chi connectivity index (χ1v) is 13.4. The van der Waals surface area contributed by atoms with E-state index in [9.17, 15) is 15.3 Å². The van der Waals surface area contributed by atoms with Crippen molar-refractivity contribution in [1.82, 2.24) is 19.9 Å². The second-order valence-electron chi connectivity index (χ2n) is 9.12. The molecule has 1 aromatic carbocycles. The highest BCUT2D eigenvalue weighted by molar-refractivity contribution is 7.21. The van der Waals surface area contributed by atoms with Crippen molar-refractivity contribution in [3.8, 4) is 10.6 Å². The molecule has 0 saturated heterocycles. The van der Waals surface area contributed by atoms with Gasteiger partial charge in [-0.2, -0.15) is 4.98 Å². The summed E-state index contributed by atoms with van der Waals surface area (Å²) in [4.78, 5) is 18.2. The monoisotopic (exact) mass is 560 g/mol. The number of benzene rings is 1. The van der Waals surface area contributed by atoms with Crippen molar-refractivity contribution in [2.24, 2.45) is 5.92 Å². The Labute approximate surface area is 227 Å². The van der Waals surface area contributed by atoms with Crippen LogP contribution in [0.3, 0.4) is 0 Å². The largest absolute Gasteiger partial charge is 0.396 e.